The minimum atomic E-state index is -0.966. The van der Waals surface area contributed by atoms with Gasteiger partial charge in [-0.05, 0) is 60.9 Å². The number of carbonyl (C=O) groups excluding carboxylic acids is 2. The molecule has 0 aliphatic heterocycles. The molecule has 0 radical (unpaired) electrons. The molecule has 7 heteroatoms. The van der Waals surface area contributed by atoms with E-state index < -0.39 is 12.0 Å². The van der Waals surface area contributed by atoms with Crippen LogP contribution >= 0.6 is 0 Å². The van der Waals surface area contributed by atoms with Crippen molar-refractivity contribution in [3.63, 3.8) is 0 Å². The van der Waals surface area contributed by atoms with Gasteiger partial charge in [0.2, 0.25) is 11.8 Å². The number of benzene rings is 2. The van der Waals surface area contributed by atoms with Gasteiger partial charge >= 0.3 is 5.97 Å². The van der Waals surface area contributed by atoms with E-state index in [4.69, 9.17) is 0 Å². The van der Waals surface area contributed by atoms with Gasteiger partial charge in [-0.25, -0.2) is 0 Å². The number of carboxylic acid groups (broad SMARTS) is 1. The van der Waals surface area contributed by atoms with E-state index in [-0.39, 0.29) is 24.8 Å². The van der Waals surface area contributed by atoms with Crippen molar-refractivity contribution in [3.8, 4) is 0 Å². The van der Waals surface area contributed by atoms with Crippen LogP contribution in [0.4, 0.5) is 0 Å². The number of aromatic nitrogens is 1. The number of pyridine rings is 1. The fraction of sp³-hybridized carbons (Fsp3) is 0.333. The Morgan fingerprint density at radius 2 is 1.41 bits per heavy atom. The predicted molar refractivity (Wildman–Crippen MR) is 143 cm³/mol. The van der Waals surface area contributed by atoms with Crippen molar-refractivity contribution in [3.05, 3.63) is 102 Å². The van der Waals surface area contributed by atoms with Gasteiger partial charge in [-0.2, -0.15) is 0 Å². The Labute approximate surface area is 218 Å². The molecule has 3 rings (SSSR count). The second-order valence-corrected chi connectivity index (χ2v) is 9.15. The highest BCUT2D eigenvalue weighted by molar-refractivity contribution is 5.85. The minimum Gasteiger partial charge on any atom is -0.481 e. The van der Waals surface area contributed by atoms with Gasteiger partial charge in [0, 0.05) is 31.4 Å². The van der Waals surface area contributed by atoms with Crippen LogP contribution in [0.2, 0.25) is 0 Å². The first-order valence-electron chi connectivity index (χ1n) is 12.8. The number of aliphatic carboxylic acids is 1. The van der Waals surface area contributed by atoms with Gasteiger partial charge in [0.05, 0.1) is 13.0 Å². The molecular weight excluding hydrogens is 466 g/mol. The van der Waals surface area contributed by atoms with Crippen LogP contribution in [0.5, 0.6) is 0 Å². The highest BCUT2D eigenvalue weighted by atomic mass is 16.4. The van der Waals surface area contributed by atoms with E-state index in [2.05, 4.69) is 10.3 Å². The molecule has 0 saturated carbocycles. The number of nitrogens with zero attached hydrogens (tertiary/aromatic N) is 2. The number of amides is 2. The Bertz CT molecular complexity index is 1110. The number of nitrogens with one attached hydrogen (secondary N) is 1. The first kappa shape index (κ1) is 27.6. The summed E-state index contributed by atoms with van der Waals surface area (Å²) in [7, 11) is 0. The van der Waals surface area contributed by atoms with Crippen LogP contribution in [0.1, 0.15) is 42.4 Å². The average molecular weight is 502 g/mol. The van der Waals surface area contributed by atoms with Gasteiger partial charge in [-0.15, -0.1) is 0 Å². The second kappa shape index (κ2) is 15.2. The lowest BCUT2D eigenvalue weighted by Gasteiger charge is -2.24. The van der Waals surface area contributed by atoms with E-state index in [1.807, 2.05) is 72.8 Å². The maximum Gasteiger partial charge on any atom is 0.305 e. The summed E-state index contributed by atoms with van der Waals surface area (Å²) >= 11 is 0. The van der Waals surface area contributed by atoms with Crippen LogP contribution in [-0.2, 0) is 33.6 Å². The zero-order valence-corrected chi connectivity index (χ0v) is 21.1. The highest BCUT2D eigenvalue weighted by Gasteiger charge is 2.21. The standard InChI is InChI=1S/C30H35N3O4/c34-28(32-27(22-30(36)37)15-14-24-8-3-1-4-9-24)23-33(21-18-25-10-5-2-6-11-25)29(35)13-7-12-26-16-19-31-20-17-26/h1-6,8-11,16-17,19-20,27H,7,12-15,18,21-23H2,(H,32,34)(H,36,37)/t27-/m1/s1. The van der Waals surface area contributed by atoms with Crippen molar-refractivity contribution in [1.82, 2.24) is 15.2 Å². The van der Waals surface area contributed by atoms with Crippen molar-refractivity contribution in [1.29, 1.82) is 0 Å². The van der Waals surface area contributed by atoms with Gasteiger partial charge in [-0.1, -0.05) is 60.7 Å². The van der Waals surface area contributed by atoms with Crippen molar-refractivity contribution < 1.29 is 19.5 Å². The largest absolute Gasteiger partial charge is 0.481 e. The Morgan fingerprint density at radius 1 is 0.811 bits per heavy atom. The molecule has 194 valence electrons. The van der Waals surface area contributed by atoms with E-state index in [0.717, 1.165) is 23.1 Å². The molecule has 1 atom stereocenters. The summed E-state index contributed by atoms with van der Waals surface area (Å²) in [6.07, 6.45) is 6.86. The van der Waals surface area contributed by atoms with Crippen molar-refractivity contribution in [2.24, 2.45) is 0 Å². The molecule has 0 aliphatic rings. The zero-order valence-electron chi connectivity index (χ0n) is 21.1. The molecule has 0 fully saturated rings. The molecular formula is C30H35N3O4. The van der Waals surface area contributed by atoms with Crippen LogP contribution in [0.3, 0.4) is 0 Å². The second-order valence-electron chi connectivity index (χ2n) is 9.15. The van der Waals surface area contributed by atoms with Crippen LogP contribution < -0.4 is 5.32 Å². The molecule has 0 aliphatic carbocycles. The summed E-state index contributed by atoms with van der Waals surface area (Å²) < 4.78 is 0. The fourth-order valence-electron chi connectivity index (χ4n) is 4.22. The van der Waals surface area contributed by atoms with E-state index in [1.54, 1.807) is 17.3 Å². The molecule has 0 unspecified atom stereocenters. The van der Waals surface area contributed by atoms with Crippen LogP contribution in [0.25, 0.3) is 0 Å². The maximum atomic E-state index is 13.1. The van der Waals surface area contributed by atoms with Crippen LogP contribution in [0, 0.1) is 0 Å². The SMILES string of the molecule is O=C(O)C[C@@H](CCc1ccccc1)NC(=O)CN(CCc1ccccc1)C(=O)CCCc1ccncc1. The minimum absolute atomic E-state index is 0.0841. The molecule has 1 aromatic heterocycles. The molecule has 2 amide bonds. The smallest absolute Gasteiger partial charge is 0.305 e. The van der Waals surface area contributed by atoms with E-state index >= 15 is 0 Å². The fourth-order valence-corrected chi connectivity index (χ4v) is 4.22. The number of rotatable bonds is 15. The number of carbonyl (C=O) groups is 3. The topological polar surface area (TPSA) is 99.6 Å². The Kier molecular flexibility index (Phi) is 11.3. The summed E-state index contributed by atoms with van der Waals surface area (Å²) in [5.74, 6) is -1.39. The van der Waals surface area contributed by atoms with E-state index in [1.165, 1.54) is 0 Å². The molecule has 0 spiro atoms. The molecule has 0 saturated heterocycles. The van der Waals surface area contributed by atoms with Crippen molar-refractivity contribution in [2.75, 3.05) is 13.1 Å². The van der Waals surface area contributed by atoms with Gasteiger partial charge < -0.3 is 15.3 Å². The summed E-state index contributed by atoms with van der Waals surface area (Å²) in [6, 6.07) is 23.0. The third-order valence-corrected chi connectivity index (χ3v) is 6.22. The maximum absolute atomic E-state index is 13.1. The molecule has 3 aromatic rings. The van der Waals surface area contributed by atoms with E-state index in [9.17, 15) is 19.5 Å². The van der Waals surface area contributed by atoms with Gasteiger partial charge in [-0.3, -0.25) is 19.4 Å². The zero-order chi connectivity index (χ0) is 26.3. The quantitative estimate of drug-likeness (QED) is 0.327. The number of hydrogen-bond donors (Lipinski definition) is 2. The van der Waals surface area contributed by atoms with Gasteiger partial charge in [0.15, 0.2) is 0 Å². The first-order valence-corrected chi connectivity index (χ1v) is 12.8. The summed E-state index contributed by atoms with van der Waals surface area (Å²) in [4.78, 5) is 43.1. The number of hydrogen-bond acceptors (Lipinski definition) is 4. The monoisotopic (exact) mass is 501 g/mol. The Morgan fingerprint density at radius 3 is 2.03 bits per heavy atom. The molecule has 2 N–H and O–H groups in total. The van der Waals surface area contributed by atoms with Crippen molar-refractivity contribution >= 4 is 17.8 Å². The van der Waals surface area contributed by atoms with Crippen LogP contribution in [0.15, 0.2) is 85.2 Å². The summed E-state index contributed by atoms with van der Waals surface area (Å²) in [5.41, 5.74) is 3.29. The third-order valence-electron chi connectivity index (χ3n) is 6.22. The lowest BCUT2D eigenvalue weighted by atomic mass is 10.0. The number of aryl methyl sites for hydroxylation is 2. The highest BCUT2D eigenvalue weighted by Crippen LogP contribution is 2.10. The third kappa shape index (κ3) is 10.7. The Hall–Kier alpha value is -4.00. The summed E-state index contributed by atoms with van der Waals surface area (Å²) in [6.45, 7) is 0.321. The average Bonchev–Trinajstić information content (AvgIpc) is 2.91. The molecule has 37 heavy (non-hydrogen) atoms. The molecule has 0 bridgehead atoms. The molecule has 1 heterocycles. The lowest BCUT2D eigenvalue weighted by Crippen LogP contribution is -2.45. The lowest BCUT2D eigenvalue weighted by molar-refractivity contribution is -0.139. The first-order chi connectivity index (χ1) is 18.0. The van der Waals surface area contributed by atoms with Crippen molar-refractivity contribution in [2.45, 2.75) is 51.0 Å². The summed E-state index contributed by atoms with van der Waals surface area (Å²) in [5, 5.41) is 12.2. The van der Waals surface area contributed by atoms with Gasteiger partial charge in [0.25, 0.3) is 0 Å². The normalized spacial score (nSPS) is 11.5. The Balaban J connectivity index is 1.58. The predicted octanol–water partition coefficient (Wildman–Crippen LogP) is 4.07. The van der Waals surface area contributed by atoms with Gasteiger partial charge in [0.1, 0.15) is 0 Å². The molecule has 2 aromatic carbocycles. The van der Waals surface area contributed by atoms with E-state index in [0.29, 0.717) is 38.6 Å². The molecule has 7 nitrogen and oxygen atoms in total. The van der Waals surface area contributed by atoms with Crippen LogP contribution in [-0.4, -0.2) is 51.9 Å². The number of carboxylic acids is 1.